The molecule has 7 heteroatoms. The molecule has 2 N–H and O–H groups in total. The minimum absolute atomic E-state index is 0.00785. The first-order valence-corrected chi connectivity index (χ1v) is 8.96. The van der Waals surface area contributed by atoms with E-state index in [9.17, 15) is 14.7 Å². The number of aliphatic hydroxyl groups is 1. The van der Waals surface area contributed by atoms with Crippen LogP contribution in [0.3, 0.4) is 0 Å². The molecule has 0 spiro atoms. The molecule has 138 valence electrons. The Labute approximate surface area is 148 Å². The molecule has 2 amide bonds. The Hall–Kier alpha value is -1.89. The first kappa shape index (κ1) is 17.9. The molecule has 1 aromatic heterocycles. The number of aliphatic hydroxyl groups excluding tert-OH is 1. The van der Waals surface area contributed by atoms with E-state index in [2.05, 4.69) is 10.2 Å². The predicted octanol–water partition coefficient (Wildman–Crippen LogP) is 0.789. The maximum Gasteiger partial charge on any atom is 0.227 e. The van der Waals surface area contributed by atoms with Gasteiger partial charge in [-0.05, 0) is 39.5 Å². The third-order valence-electron chi connectivity index (χ3n) is 5.95. The fraction of sp³-hybridized carbons (Fsp3) is 0.722. The van der Waals surface area contributed by atoms with Crippen molar-refractivity contribution >= 4 is 11.8 Å². The number of rotatable bonds is 3. The number of fused-ring (bicyclic) bond motifs is 1. The number of H-pyrrole nitrogens is 1. The molecule has 3 atom stereocenters. The molecule has 7 nitrogen and oxygen atoms in total. The highest BCUT2D eigenvalue weighted by Gasteiger charge is 2.51. The van der Waals surface area contributed by atoms with Gasteiger partial charge in [0.15, 0.2) is 0 Å². The van der Waals surface area contributed by atoms with Gasteiger partial charge in [-0.15, -0.1) is 0 Å². The maximum absolute atomic E-state index is 12.8. The van der Waals surface area contributed by atoms with Gasteiger partial charge in [-0.2, -0.15) is 5.10 Å². The lowest BCUT2D eigenvalue weighted by atomic mass is 9.89. The fourth-order valence-corrected chi connectivity index (χ4v) is 4.70. The van der Waals surface area contributed by atoms with Gasteiger partial charge in [0.1, 0.15) is 0 Å². The lowest BCUT2D eigenvalue weighted by Crippen LogP contribution is -2.53. The molecule has 25 heavy (non-hydrogen) atoms. The Morgan fingerprint density at radius 3 is 2.68 bits per heavy atom. The lowest BCUT2D eigenvalue weighted by molar-refractivity contribution is -0.138. The molecule has 2 aliphatic heterocycles. The molecule has 0 saturated carbocycles. The van der Waals surface area contributed by atoms with Crippen LogP contribution < -0.4 is 0 Å². The van der Waals surface area contributed by atoms with Crippen LogP contribution in [0.5, 0.6) is 0 Å². The Balaban J connectivity index is 1.71. The number of nitrogens with one attached hydrogen (secondary N) is 1. The number of likely N-dealkylation sites (tertiary alicyclic amines) is 2. The van der Waals surface area contributed by atoms with Gasteiger partial charge in [0.25, 0.3) is 0 Å². The van der Waals surface area contributed by atoms with Crippen molar-refractivity contribution in [2.75, 3.05) is 19.7 Å². The van der Waals surface area contributed by atoms with E-state index < -0.39 is 5.54 Å². The van der Waals surface area contributed by atoms with Crippen LogP contribution in [-0.2, 0) is 16.0 Å². The van der Waals surface area contributed by atoms with Crippen LogP contribution in [-0.4, -0.2) is 68.2 Å². The van der Waals surface area contributed by atoms with Crippen molar-refractivity contribution in [3.8, 4) is 0 Å². The third kappa shape index (κ3) is 3.05. The largest absolute Gasteiger partial charge is 0.394 e. The Morgan fingerprint density at radius 1 is 1.40 bits per heavy atom. The summed E-state index contributed by atoms with van der Waals surface area (Å²) in [6, 6.07) is 0.121. The van der Waals surface area contributed by atoms with Crippen molar-refractivity contribution in [2.24, 2.45) is 5.92 Å². The van der Waals surface area contributed by atoms with Gasteiger partial charge in [-0.25, -0.2) is 0 Å². The predicted molar refractivity (Wildman–Crippen MR) is 92.9 cm³/mol. The Kier molecular flexibility index (Phi) is 4.62. The second kappa shape index (κ2) is 6.44. The van der Waals surface area contributed by atoms with E-state index >= 15 is 0 Å². The van der Waals surface area contributed by atoms with Gasteiger partial charge in [-0.1, -0.05) is 0 Å². The smallest absolute Gasteiger partial charge is 0.227 e. The number of aromatic nitrogens is 2. The molecule has 0 radical (unpaired) electrons. The SMILES string of the molecule is CC(=O)N1[C@H]2CCN(C(=O)Cc3c(C)n[nH]c3C)C[C@@H]2C[C@]1(C)CO. The first-order valence-electron chi connectivity index (χ1n) is 8.96. The van der Waals surface area contributed by atoms with Crippen LogP contribution >= 0.6 is 0 Å². The summed E-state index contributed by atoms with van der Waals surface area (Å²) in [5.74, 6) is 0.344. The van der Waals surface area contributed by atoms with Gasteiger partial charge in [0.2, 0.25) is 11.8 Å². The summed E-state index contributed by atoms with van der Waals surface area (Å²) < 4.78 is 0. The average molecular weight is 348 g/mol. The third-order valence-corrected chi connectivity index (χ3v) is 5.95. The van der Waals surface area contributed by atoms with Crippen molar-refractivity contribution in [3.63, 3.8) is 0 Å². The number of nitrogens with zero attached hydrogens (tertiary/aromatic N) is 3. The zero-order valence-electron chi connectivity index (χ0n) is 15.5. The number of carbonyl (C=O) groups is 2. The van der Waals surface area contributed by atoms with Gasteiger partial charge in [0.05, 0.1) is 24.3 Å². The normalized spacial score (nSPS) is 29.0. The van der Waals surface area contributed by atoms with Crippen molar-refractivity contribution in [1.29, 1.82) is 0 Å². The van der Waals surface area contributed by atoms with Crippen LogP contribution in [0.15, 0.2) is 0 Å². The zero-order valence-corrected chi connectivity index (χ0v) is 15.5. The Morgan fingerprint density at radius 2 is 2.12 bits per heavy atom. The fourth-order valence-electron chi connectivity index (χ4n) is 4.70. The molecule has 2 saturated heterocycles. The summed E-state index contributed by atoms with van der Waals surface area (Å²) in [6.07, 6.45) is 1.87. The standard InChI is InChI=1S/C18H28N4O3/c1-11-15(12(2)20-19-11)7-17(25)21-6-5-16-14(9-21)8-18(4,10-23)22(16)13(3)24/h14,16,23H,5-10H2,1-4H3,(H,19,20)/t14-,16-,18+/m0/s1. The van der Waals surface area contributed by atoms with Gasteiger partial charge in [-0.3, -0.25) is 14.7 Å². The van der Waals surface area contributed by atoms with E-state index in [4.69, 9.17) is 0 Å². The molecular weight excluding hydrogens is 320 g/mol. The summed E-state index contributed by atoms with van der Waals surface area (Å²) in [4.78, 5) is 28.6. The minimum atomic E-state index is -0.516. The second-order valence-electron chi connectivity index (χ2n) is 7.79. The number of aryl methyl sites for hydroxylation is 2. The zero-order chi connectivity index (χ0) is 18.4. The second-order valence-corrected chi connectivity index (χ2v) is 7.79. The molecule has 0 aliphatic carbocycles. The summed E-state index contributed by atoms with van der Waals surface area (Å²) in [7, 11) is 0. The van der Waals surface area contributed by atoms with Crippen LogP contribution in [0, 0.1) is 19.8 Å². The number of piperidine rings is 1. The van der Waals surface area contributed by atoms with Crippen LogP contribution in [0.2, 0.25) is 0 Å². The molecule has 0 unspecified atom stereocenters. The van der Waals surface area contributed by atoms with Crippen molar-refractivity contribution in [2.45, 2.75) is 58.5 Å². The molecule has 0 bridgehead atoms. The summed E-state index contributed by atoms with van der Waals surface area (Å²) in [6.45, 7) is 8.62. The molecule has 1 aromatic rings. The van der Waals surface area contributed by atoms with E-state index in [0.717, 1.165) is 29.8 Å². The average Bonchev–Trinajstić information content (AvgIpc) is 3.04. The summed E-state index contributed by atoms with van der Waals surface area (Å²) in [5.41, 5.74) is 2.27. The van der Waals surface area contributed by atoms with Crippen LogP contribution in [0.1, 0.15) is 43.6 Å². The van der Waals surface area contributed by atoms with Gasteiger partial charge >= 0.3 is 0 Å². The van der Waals surface area contributed by atoms with Crippen molar-refractivity contribution in [3.05, 3.63) is 17.0 Å². The summed E-state index contributed by atoms with van der Waals surface area (Å²) in [5, 5.41) is 16.9. The van der Waals surface area contributed by atoms with Gasteiger partial charge in [0, 0.05) is 37.3 Å². The molecule has 3 heterocycles. The van der Waals surface area contributed by atoms with E-state index in [1.165, 1.54) is 0 Å². The van der Waals surface area contributed by atoms with E-state index in [-0.39, 0.29) is 30.4 Å². The highest BCUT2D eigenvalue weighted by molar-refractivity contribution is 5.79. The maximum atomic E-state index is 12.8. The van der Waals surface area contributed by atoms with E-state index in [1.807, 2.05) is 30.6 Å². The number of hydrogen-bond donors (Lipinski definition) is 2. The molecule has 3 rings (SSSR count). The van der Waals surface area contributed by atoms with E-state index in [0.29, 0.717) is 19.5 Å². The van der Waals surface area contributed by atoms with E-state index in [1.54, 1.807) is 6.92 Å². The minimum Gasteiger partial charge on any atom is -0.394 e. The molecule has 2 fully saturated rings. The van der Waals surface area contributed by atoms with Crippen LogP contribution in [0.4, 0.5) is 0 Å². The topological polar surface area (TPSA) is 89.5 Å². The monoisotopic (exact) mass is 348 g/mol. The lowest BCUT2D eigenvalue weighted by Gasteiger charge is -2.40. The van der Waals surface area contributed by atoms with Crippen LogP contribution in [0.25, 0.3) is 0 Å². The first-order chi connectivity index (χ1) is 11.8. The van der Waals surface area contributed by atoms with Gasteiger partial charge < -0.3 is 14.9 Å². The quantitative estimate of drug-likeness (QED) is 0.845. The number of aromatic amines is 1. The highest BCUT2D eigenvalue weighted by atomic mass is 16.3. The number of hydrogen-bond acceptors (Lipinski definition) is 4. The number of carbonyl (C=O) groups excluding carboxylic acids is 2. The summed E-state index contributed by atoms with van der Waals surface area (Å²) >= 11 is 0. The highest BCUT2D eigenvalue weighted by Crippen LogP contribution is 2.42. The molecular formula is C18H28N4O3. The molecule has 2 aliphatic rings. The molecule has 0 aromatic carbocycles. The Bertz CT molecular complexity index is 666. The van der Waals surface area contributed by atoms with Crippen molar-refractivity contribution < 1.29 is 14.7 Å². The van der Waals surface area contributed by atoms with Crippen molar-refractivity contribution in [1.82, 2.24) is 20.0 Å². The number of amides is 2.